The van der Waals surface area contributed by atoms with E-state index in [0.29, 0.717) is 30.0 Å². The Labute approximate surface area is 189 Å². The van der Waals surface area contributed by atoms with Gasteiger partial charge in [-0.1, -0.05) is 26.2 Å². The Morgan fingerprint density at radius 2 is 1.53 bits per heavy atom. The predicted octanol–water partition coefficient (Wildman–Crippen LogP) is 4.46. The summed E-state index contributed by atoms with van der Waals surface area (Å²) >= 11 is 0. The van der Waals surface area contributed by atoms with E-state index >= 15 is 0 Å². The van der Waals surface area contributed by atoms with Crippen molar-refractivity contribution in [3.8, 4) is 0 Å². The summed E-state index contributed by atoms with van der Waals surface area (Å²) in [6.07, 6.45) is 5.04. The standard InChI is InChI=1S/C24H30N2O5S/c1-3-26(21-8-6-5-7-9-21)32(29,30)22-16-12-18(13-17-22)23(27)25-20-14-10-19(11-15-20)24(28)31-4-2/h10-17,21H,3-9H2,1-2H3,(H,25,27). The second kappa shape index (κ2) is 10.7. The molecule has 8 heteroatoms. The lowest BCUT2D eigenvalue weighted by molar-refractivity contribution is 0.0526. The maximum Gasteiger partial charge on any atom is 0.338 e. The molecule has 1 fully saturated rings. The number of sulfonamides is 1. The van der Waals surface area contributed by atoms with E-state index in [4.69, 9.17) is 4.74 Å². The molecule has 1 aliphatic rings. The highest BCUT2D eigenvalue weighted by Gasteiger charge is 2.31. The van der Waals surface area contributed by atoms with E-state index in [1.54, 1.807) is 35.5 Å². The average Bonchev–Trinajstić information content (AvgIpc) is 2.81. The van der Waals surface area contributed by atoms with Gasteiger partial charge >= 0.3 is 5.97 Å². The van der Waals surface area contributed by atoms with Crippen LogP contribution in [-0.4, -0.2) is 43.8 Å². The maximum atomic E-state index is 13.2. The van der Waals surface area contributed by atoms with Crippen LogP contribution >= 0.6 is 0 Å². The molecule has 7 nitrogen and oxygen atoms in total. The fourth-order valence-corrected chi connectivity index (χ4v) is 5.71. The summed E-state index contributed by atoms with van der Waals surface area (Å²) in [7, 11) is -3.61. The largest absolute Gasteiger partial charge is 0.462 e. The molecule has 0 saturated heterocycles. The monoisotopic (exact) mass is 458 g/mol. The molecular formula is C24H30N2O5S. The van der Waals surface area contributed by atoms with Gasteiger partial charge in [-0.25, -0.2) is 13.2 Å². The third-order valence-electron chi connectivity index (χ3n) is 5.67. The Hall–Kier alpha value is -2.71. The predicted molar refractivity (Wildman–Crippen MR) is 123 cm³/mol. The van der Waals surface area contributed by atoms with Gasteiger partial charge in [0.2, 0.25) is 10.0 Å². The van der Waals surface area contributed by atoms with Crippen LogP contribution in [0.4, 0.5) is 5.69 Å². The van der Waals surface area contributed by atoms with Gasteiger partial charge in [0.1, 0.15) is 0 Å². The summed E-state index contributed by atoms with van der Waals surface area (Å²) in [5.41, 5.74) is 1.27. The number of nitrogens with one attached hydrogen (secondary N) is 1. The van der Waals surface area contributed by atoms with Gasteiger partial charge in [-0.2, -0.15) is 4.31 Å². The van der Waals surface area contributed by atoms with Crippen molar-refractivity contribution < 1.29 is 22.7 Å². The van der Waals surface area contributed by atoms with Crippen molar-refractivity contribution in [2.75, 3.05) is 18.5 Å². The Morgan fingerprint density at radius 3 is 2.09 bits per heavy atom. The van der Waals surface area contributed by atoms with E-state index in [-0.39, 0.29) is 16.8 Å². The van der Waals surface area contributed by atoms with Crippen molar-refractivity contribution in [3.05, 3.63) is 59.7 Å². The number of benzene rings is 2. The summed E-state index contributed by atoms with van der Waals surface area (Å²) < 4.78 is 32.8. The van der Waals surface area contributed by atoms with Gasteiger partial charge < -0.3 is 10.1 Å². The minimum atomic E-state index is -3.61. The lowest BCUT2D eigenvalue weighted by atomic mass is 9.95. The second-order valence-corrected chi connectivity index (χ2v) is 9.67. The first-order valence-corrected chi connectivity index (χ1v) is 12.5. The molecule has 0 aliphatic heterocycles. The molecule has 0 aromatic heterocycles. The molecule has 0 heterocycles. The van der Waals surface area contributed by atoms with Crippen molar-refractivity contribution in [1.82, 2.24) is 4.31 Å². The van der Waals surface area contributed by atoms with Gasteiger partial charge in [0, 0.05) is 23.8 Å². The highest BCUT2D eigenvalue weighted by Crippen LogP contribution is 2.27. The number of rotatable bonds is 8. The molecule has 172 valence electrons. The Kier molecular flexibility index (Phi) is 8.04. The lowest BCUT2D eigenvalue weighted by Gasteiger charge is -2.32. The zero-order chi connectivity index (χ0) is 23.1. The number of nitrogens with zero attached hydrogens (tertiary/aromatic N) is 1. The van der Waals surface area contributed by atoms with Crippen molar-refractivity contribution >= 4 is 27.6 Å². The molecule has 0 radical (unpaired) electrons. The van der Waals surface area contributed by atoms with Crippen LogP contribution in [0.15, 0.2) is 53.4 Å². The minimum absolute atomic E-state index is 0.0410. The molecule has 32 heavy (non-hydrogen) atoms. The van der Waals surface area contributed by atoms with Gasteiger partial charge in [-0.3, -0.25) is 4.79 Å². The Balaban J connectivity index is 1.69. The number of carbonyl (C=O) groups excluding carboxylic acids is 2. The van der Waals surface area contributed by atoms with E-state index in [1.807, 2.05) is 6.92 Å². The van der Waals surface area contributed by atoms with Crippen LogP contribution < -0.4 is 5.32 Å². The quantitative estimate of drug-likeness (QED) is 0.590. The molecule has 1 saturated carbocycles. The fourth-order valence-electron chi connectivity index (χ4n) is 4.01. The number of carbonyl (C=O) groups is 2. The summed E-state index contributed by atoms with van der Waals surface area (Å²) in [5.74, 6) is -0.783. The molecule has 2 aromatic rings. The summed E-state index contributed by atoms with van der Waals surface area (Å²) in [4.78, 5) is 24.5. The van der Waals surface area contributed by atoms with Crippen LogP contribution in [0.3, 0.4) is 0 Å². The van der Waals surface area contributed by atoms with Crippen LogP contribution in [0.25, 0.3) is 0 Å². The molecule has 3 rings (SSSR count). The lowest BCUT2D eigenvalue weighted by Crippen LogP contribution is -2.41. The zero-order valence-electron chi connectivity index (χ0n) is 18.5. The third kappa shape index (κ3) is 5.55. The molecule has 2 aromatic carbocycles. The molecule has 1 amide bonds. The summed E-state index contributed by atoms with van der Waals surface area (Å²) in [6, 6.07) is 12.4. The average molecular weight is 459 g/mol. The Bertz CT molecular complexity index is 1030. The van der Waals surface area contributed by atoms with E-state index in [1.165, 1.54) is 24.3 Å². The second-order valence-electron chi connectivity index (χ2n) is 7.78. The number of esters is 1. The first-order valence-electron chi connectivity index (χ1n) is 11.1. The molecule has 1 N–H and O–H groups in total. The number of hydrogen-bond acceptors (Lipinski definition) is 5. The van der Waals surface area contributed by atoms with E-state index in [2.05, 4.69) is 5.32 Å². The van der Waals surface area contributed by atoms with Gasteiger partial charge in [0.05, 0.1) is 17.1 Å². The molecule has 0 unspecified atom stereocenters. The van der Waals surface area contributed by atoms with Crippen LogP contribution in [0.2, 0.25) is 0 Å². The van der Waals surface area contributed by atoms with Gasteiger partial charge in [0.25, 0.3) is 5.91 Å². The number of anilines is 1. The van der Waals surface area contributed by atoms with Crippen molar-refractivity contribution in [2.24, 2.45) is 0 Å². The first kappa shape index (κ1) is 23.9. The van der Waals surface area contributed by atoms with Crippen molar-refractivity contribution in [3.63, 3.8) is 0 Å². The van der Waals surface area contributed by atoms with Crippen molar-refractivity contribution in [2.45, 2.75) is 56.9 Å². The molecule has 1 aliphatic carbocycles. The SMILES string of the molecule is CCOC(=O)c1ccc(NC(=O)c2ccc(S(=O)(=O)N(CC)C3CCCCC3)cc2)cc1. The van der Waals surface area contributed by atoms with E-state index < -0.39 is 16.0 Å². The molecule has 0 spiro atoms. The summed E-state index contributed by atoms with van der Waals surface area (Å²) in [5, 5.41) is 2.75. The van der Waals surface area contributed by atoms with Gasteiger partial charge in [-0.15, -0.1) is 0 Å². The molecule has 0 atom stereocenters. The maximum absolute atomic E-state index is 13.2. The van der Waals surface area contributed by atoms with E-state index in [9.17, 15) is 18.0 Å². The third-order valence-corrected chi connectivity index (χ3v) is 7.71. The van der Waals surface area contributed by atoms with Crippen LogP contribution in [-0.2, 0) is 14.8 Å². The highest BCUT2D eigenvalue weighted by atomic mass is 32.2. The molecule has 0 bridgehead atoms. The summed E-state index contributed by atoms with van der Waals surface area (Å²) in [6.45, 7) is 4.32. The van der Waals surface area contributed by atoms with Gasteiger partial charge in [-0.05, 0) is 68.3 Å². The number of amides is 1. The smallest absolute Gasteiger partial charge is 0.338 e. The van der Waals surface area contributed by atoms with Crippen LogP contribution in [0.5, 0.6) is 0 Å². The topological polar surface area (TPSA) is 92.8 Å². The van der Waals surface area contributed by atoms with E-state index in [0.717, 1.165) is 32.1 Å². The van der Waals surface area contributed by atoms with Crippen molar-refractivity contribution in [1.29, 1.82) is 0 Å². The number of ether oxygens (including phenoxy) is 1. The highest BCUT2D eigenvalue weighted by molar-refractivity contribution is 7.89. The normalized spacial score (nSPS) is 14.8. The fraction of sp³-hybridized carbons (Fsp3) is 0.417. The van der Waals surface area contributed by atoms with Gasteiger partial charge in [0.15, 0.2) is 0 Å². The molecular weight excluding hydrogens is 428 g/mol. The number of hydrogen-bond donors (Lipinski definition) is 1. The van der Waals surface area contributed by atoms with Crippen LogP contribution in [0, 0.1) is 0 Å². The zero-order valence-corrected chi connectivity index (χ0v) is 19.4. The van der Waals surface area contributed by atoms with Crippen LogP contribution in [0.1, 0.15) is 66.7 Å². The first-order chi connectivity index (χ1) is 15.4. The Morgan fingerprint density at radius 1 is 0.938 bits per heavy atom. The minimum Gasteiger partial charge on any atom is -0.462 e.